The Bertz CT molecular complexity index is 1950. The van der Waals surface area contributed by atoms with Gasteiger partial charge in [-0.15, -0.1) is 0 Å². The van der Waals surface area contributed by atoms with E-state index in [1.807, 2.05) is 39.5 Å². The number of hydrogen-bond acceptors (Lipinski definition) is 8. The molecule has 0 radical (unpaired) electrons. The third-order valence-electron chi connectivity index (χ3n) is 8.98. The van der Waals surface area contributed by atoms with Crippen LogP contribution < -0.4 is 15.9 Å². The van der Waals surface area contributed by atoms with Crippen LogP contribution in [0.5, 0.6) is 5.75 Å². The Labute approximate surface area is 269 Å². The number of anilines is 2. The first-order valence-corrected chi connectivity index (χ1v) is 15.6. The molecule has 1 fully saturated rings. The van der Waals surface area contributed by atoms with E-state index >= 15 is 13.2 Å². The van der Waals surface area contributed by atoms with Crippen molar-refractivity contribution in [1.29, 1.82) is 0 Å². The van der Waals surface area contributed by atoms with Gasteiger partial charge in [0.25, 0.3) is 0 Å². The van der Waals surface area contributed by atoms with Gasteiger partial charge in [-0.25, -0.2) is 27.9 Å². The molecule has 246 valence electrons. The van der Waals surface area contributed by atoms with Crippen LogP contribution in [0.4, 0.5) is 24.7 Å². The number of nitrogens with zero attached hydrogens (tertiary/aromatic N) is 6. The number of amides is 1. The second-order valence-corrected chi connectivity index (χ2v) is 12.7. The van der Waals surface area contributed by atoms with Crippen LogP contribution in [0.1, 0.15) is 64.3 Å². The third kappa shape index (κ3) is 5.08. The van der Waals surface area contributed by atoms with Gasteiger partial charge in [0.2, 0.25) is 5.91 Å². The maximum Gasteiger partial charge on any atom is 0.354 e. The highest BCUT2D eigenvalue weighted by atomic mass is 19.1. The lowest BCUT2D eigenvalue weighted by Crippen LogP contribution is -2.60. The molecule has 10 nitrogen and oxygen atoms in total. The zero-order valence-electron chi connectivity index (χ0n) is 26.8. The monoisotopic (exact) mass is 647 g/mol. The molecule has 2 aliphatic rings. The number of carbonyl (C=O) groups is 1. The van der Waals surface area contributed by atoms with Crippen molar-refractivity contribution in [3.8, 4) is 22.6 Å². The van der Waals surface area contributed by atoms with Crippen molar-refractivity contribution in [3.63, 3.8) is 0 Å². The van der Waals surface area contributed by atoms with Gasteiger partial charge in [-0.1, -0.05) is 40.3 Å². The minimum absolute atomic E-state index is 0.0298. The number of phenols is 1. The summed E-state index contributed by atoms with van der Waals surface area (Å²) in [5.74, 6) is -4.84. The fourth-order valence-corrected chi connectivity index (χ4v) is 6.77. The minimum atomic E-state index is -1.26. The molecular weight excluding hydrogens is 611 g/mol. The number of aromatic nitrogens is 4. The van der Waals surface area contributed by atoms with Crippen molar-refractivity contribution in [1.82, 2.24) is 24.4 Å². The number of hydrogen-bond donors (Lipinski definition) is 2. The molecule has 1 saturated heterocycles. The SMILES string of the molecule is C=CC(=O)N1CC2CCNc3c(F)c(-c4c(O)cccc4F)c(F)c4c3c(nc(=O)n4-c3c(C(C)C)ncnc3C(C)C)N2CC1C. The number of piperazine rings is 1. The molecule has 47 heavy (non-hydrogen) atoms. The quantitative estimate of drug-likeness (QED) is 0.268. The maximum atomic E-state index is 17.4. The summed E-state index contributed by atoms with van der Waals surface area (Å²) in [5, 5.41) is 13.7. The molecular formula is C34H36F3N7O3. The molecule has 13 heteroatoms. The molecule has 4 aromatic rings. The van der Waals surface area contributed by atoms with Crippen LogP contribution in [-0.2, 0) is 4.79 Å². The number of carbonyl (C=O) groups excluding carboxylic acids is 1. The van der Waals surface area contributed by atoms with Crippen molar-refractivity contribution in [2.24, 2.45) is 0 Å². The van der Waals surface area contributed by atoms with Crippen LogP contribution in [0.2, 0.25) is 0 Å². The van der Waals surface area contributed by atoms with Gasteiger partial charge in [0, 0.05) is 31.7 Å². The summed E-state index contributed by atoms with van der Waals surface area (Å²) in [6, 6.07) is 2.65. The highest BCUT2D eigenvalue weighted by Gasteiger charge is 2.39. The van der Waals surface area contributed by atoms with Crippen molar-refractivity contribution < 1.29 is 23.1 Å². The zero-order valence-corrected chi connectivity index (χ0v) is 26.8. The molecule has 0 spiro atoms. The average molecular weight is 648 g/mol. The largest absolute Gasteiger partial charge is 0.507 e. The molecule has 2 aromatic carbocycles. The molecule has 1 amide bonds. The first-order chi connectivity index (χ1) is 22.4. The van der Waals surface area contributed by atoms with Crippen LogP contribution >= 0.6 is 0 Å². The summed E-state index contributed by atoms with van der Waals surface area (Å²) < 4.78 is 50.6. The Hall–Kier alpha value is -4.94. The number of benzene rings is 2. The Balaban J connectivity index is 1.80. The average Bonchev–Trinajstić information content (AvgIpc) is 3.02. The van der Waals surface area contributed by atoms with Gasteiger partial charge in [0.1, 0.15) is 29.2 Å². The van der Waals surface area contributed by atoms with E-state index in [0.717, 1.165) is 16.7 Å². The van der Waals surface area contributed by atoms with E-state index in [0.29, 0.717) is 17.8 Å². The van der Waals surface area contributed by atoms with Crippen LogP contribution in [0.15, 0.2) is 42.0 Å². The molecule has 4 heterocycles. The topological polar surface area (TPSA) is 116 Å². The molecule has 0 saturated carbocycles. The van der Waals surface area contributed by atoms with Crippen molar-refractivity contribution >= 4 is 28.3 Å². The predicted molar refractivity (Wildman–Crippen MR) is 174 cm³/mol. The number of halogens is 3. The fourth-order valence-electron chi connectivity index (χ4n) is 6.77. The number of nitrogens with one attached hydrogen (secondary N) is 1. The Morgan fingerprint density at radius 3 is 2.36 bits per heavy atom. The van der Waals surface area contributed by atoms with Crippen molar-refractivity contribution in [3.05, 3.63) is 76.5 Å². The number of fused-ring (bicyclic) bond motifs is 2. The smallest absolute Gasteiger partial charge is 0.354 e. The molecule has 2 atom stereocenters. The van der Waals surface area contributed by atoms with Crippen LogP contribution in [0, 0.1) is 17.5 Å². The lowest BCUT2D eigenvalue weighted by atomic mass is 9.95. The summed E-state index contributed by atoms with van der Waals surface area (Å²) in [5.41, 5.74) is -1.86. The number of aromatic hydroxyl groups is 1. The van der Waals surface area contributed by atoms with Gasteiger partial charge in [0.15, 0.2) is 11.6 Å². The zero-order chi connectivity index (χ0) is 33.9. The molecule has 0 aliphatic carbocycles. The van der Waals surface area contributed by atoms with E-state index < -0.39 is 40.0 Å². The van der Waals surface area contributed by atoms with Gasteiger partial charge in [-0.3, -0.25) is 9.36 Å². The Morgan fingerprint density at radius 2 is 1.74 bits per heavy atom. The van der Waals surface area contributed by atoms with Gasteiger partial charge in [-0.2, -0.15) is 4.98 Å². The Morgan fingerprint density at radius 1 is 1.06 bits per heavy atom. The summed E-state index contributed by atoms with van der Waals surface area (Å²) >= 11 is 0. The second-order valence-electron chi connectivity index (χ2n) is 12.7. The number of phenolic OH excluding ortho intramolecular Hbond substituents is 1. The highest BCUT2D eigenvalue weighted by molar-refractivity contribution is 6.05. The minimum Gasteiger partial charge on any atom is -0.507 e. The summed E-state index contributed by atoms with van der Waals surface area (Å²) in [6.07, 6.45) is 3.02. The van der Waals surface area contributed by atoms with E-state index in [-0.39, 0.29) is 77.6 Å². The molecule has 2 aromatic heterocycles. The summed E-state index contributed by atoms with van der Waals surface area (Å²) in [6.45, 7) is 13.6. The Kier molecular flexibility index (Phi) is 8.18. The molecule has 2 N–H and O–H groups in total. The van der Waals surface area contributed by atoms with E-state index in [1.165, 1.54) is 18.5 Å². The highest BCUT2D eigenvalue weighted by Crippen LogP contribution is 2.46. The van der Waals surface area contributed by atoms with E-state index in [2.05, 4.69) is 26.8 Å². The summed E-state index contributed by atoms with van der Waals surface area (Å²) in [4.78, 5) is 44.0. The molecule has 0 bridgehead atoms. The summed E-state index contributed by atoms with van der Waals surface area (Å²) in [7, 11) is 0. The lowest BCUT2D eigenvalue weighted by Gasteiger charge is -2.46. The first kappa shape index (κ1) is 32.0. The van der Waals surface area contributed by atoms with Crippen LogP contribution in [0.25, 0.3) is 27.7 Å². The van der Waals surface area contributed by atoms with Crippen molar-refractivity contribution in [2.45, 2.75) is 65.0 Å². The third-order valence-corrected chi connectivity index (χ3v) is 8.98. The van der Waals surface area contributed by atoms with Gasteiger partial charge in [0.05, 0.1) is 39.3 Å². The van der Waals surface area contributed by atoms with E-state index in [4.69, 9.17) is 0 Å². The van der Waals surface area contributed by atoms with Crippen LogP contribution in [0.3, 0.4) is 0 Å². The maximum absolute atomic E-state index is 17.4. The standard InChI is InChI=1S/C34H36F3N7O3/c1-7-22(46)42-14-19-11-12-38-30-25-31(27(37)24(26(30)36)23-20(35)9-8-10-21(23)45)44(34(47)41-33(25)43(19)13-18(42)6)32-28(16(2)3)39-15-40-29(32)17(4)5/h7-10,15-19,38,45H,1,11-14H2,2-6H3. The second kappa shape index (κ2) is 12.0. The van der Waals surface area contributed by atoms with Gasteiger partial charge in [-0.05, 0) is 43.4 Å². The normalized spacial score (nSPS) is 17.8. The molecule has 6 rings (SSSR count). The van der Waals surface area contributed by atoms with Gasteiger partial charge >= 0.3 is 5.69 Å². The van der Waals surface area contributed by atoms with Crippen molar-refractivity contribution in [2.75, 3.05) is 29.9 Å². The molecule has 2 aliphatic heterocycles. The molecule has 2 unspecified atom stereocenters. The van der Waals surface area contributed by atoms with E-state index in [9.17, 15) is 14.7 Å². The van der Waals surface area contributed by atoms with E-state index in [1.54, 1.807) is 4.90 Å². The van der Waals surface area contributed by atoms with Gasteiger partial charge < -0.3 is 20.2 Å². The predicted octanol–water partition coefficient (Wildman–Crippen LogP) is 5.62. The van der Waals surface area contributed by atoms with Crippen LogP contribution in [-0.4, -0.2) is 67.2 Å². The fraction of sp³-hybridized carbons (Fsp3) is 0.382. The lowest BCUT2D eigenvalue weighted by molar-refractivity contribution is -0.128. The first-order valence-electron chi connectivity index (χ1n) is 15.6. The number of rotatable bonds is 5.